The van der Waals surface area contributed by atoms with Crippen molar-refractivity contribution in [2.24, 2.45) is 0 Å². The summed E-state index contributed by atoms with van der Waals surface area (Å²) in [5, 5.41) is 0. The number of nitrogens with zero attached hydrogens (tertiary/aromatic N) is 1. The van der Waals surface area contributed by atoms with Crippen molar-refractivity contribution in [3.63, 3.8) is 0 Å². The van der Waals surface area contributed by atoms with Crippen LogP contribution in [0.5, 0.6) is 23.0 Å². The van der Waals surface area contributed by atoms with Crippen molar-refractivity contribution in [3.8, 4) is 23.0 Å². The maximum absolute atomic E-state index is 12.5. The number of carbonyl (C=O) groups excluding carboxylic acids is 1. The second kappa shape index (κ2) is 9.17. The third-order valence-electron chi connectivity index (χ3n) is 4.43. The van der Waals surface area contributed by atoms with E-state index in [1.54, 1.807) is 25.1 Å². The molecule has 148 valence electrons. The number of methoxy groups -OCH3 is 1. The second-order valence-electron chi connectivity index (χ2n) is 6.54. The number of para-hydroxylation sites is 2. The minimum Gasteiger partial charge on any atom is -0.493 e. The maximum atomic E-state index is 12.5. The lowest BCUT2D eigenvalue weighted by atomic mass is 10.1. The Balaban J connectivity index is 1.53. The molecule has 2 aromatic rings. The van der Waals surface area contributed by atoms with Gasteiger partial charge >= 0.3 is 0 Å². The lowest BCUT2D eigenvalue weighted by Crippen LogP contribution is -2.43. The summed E-state index contributed by atoms with van der Waals surface area (Å²) in [7, 11) is 3.30. The predicted octanol–water partition coefficient (Wildman–Crippen LogP) is 3.10. The average molecular weight is 383 g/mol. The highest BCUT2D eigenvalue weighted by atomic mass is 16.6. The zero-order chi connectivity index (χ0) is 19.9. The lowest BCUT2D eigenvalue weighted by molar-refractivity contribution is -0.133. The van der Waals surface area contributed by atoms with Crippen molar-refractivity contribution in [1.29, 1.82) is 0 Å². The van der Waals surface area contributed by atoms with Gasteiger partial charge in [0.15, 0.2) is 35.7 Å². The Labute approximate surface area is 165 Å². The highest BCUT2D eigenvalue weighted by Crippen LogP contribution is 2.31. The predicted molar refractivity (Wildman–Crippen MR) is 106 cm³/mol. The molecule has 0 fully saturated rings. The monoisotopic (exact) mass is 383 g/mol. The standard InChI is InChI=1S/C22H25NO5/c1-4-7-16-10-11-19(21(12-16)25-3)27-15-22(24)23(2)13-17-14-26-18-8-5-6-9-20(18)28-17/h4-6,8-12,17H,1,7,13-15H2,2-3H3. The number of carbonyl (C=O) groups is 1. The number of hydrogen-bond acceptors (Lipinski definition) is 5. The molecule has 0 spiro atoms. The van der Waals surface area contributed by atoms with Crippen molar-refractivity contribution in [2.45, 2.75) is 12.5 Å². The van der Waals surface area contributed by atoms with Gasteiger partial charge in [-0.2, -0.15) is 0 Å². The van der Waals surface area contributed by atoms with Gasteiger partial charge in [-0.3, -0.25) is 4.79 Å². The number of rotatable bonds is 8. The Morgan fingerprint density at radius 2 is 2.04 bits per heavy atom. The molecule has 0 radical (unpaired) electrons. The molecule has 0 aromatic heterocycles. The summed E-state index contributed by atoms with van der Waals surface area (Å²) in [6.45, 7) is 4.45. The number of benzene rings is 2. The molecule has 1 atom stereocenters. The molecule has 0 aliphatic carbocycles. The van der Waals surface area contributed by atoms with E-state index >= 15 is 0 Å². The molecular weight excluding hydrogens is 358 g/mol. The van der Waals surface area contributed by atoms with Crippen LogP contribution in [0, 0.1) is 0 Å². The van der Waals surface area contributed by atoms with Gasteiger partial charge in [-0.25, -0.2) is 0 Å². The summed E-state index contributed by atoms with van der Waals surface area (Å²) in [4.78, 5) is 14.0. The summed E-state index contributed by atoms with van der Waals surface area (Å²) in [5.41, 5.74) is 1.07. The fourth-order valence-corrected chi connectivity index (χ4v) is 2.93. The summed E-state index contributed by atoms with van der Waals surface area (Å²) in [6.07, 6.45) is 2.34. The molecule has 0 saturated heterocycles. The van der Waals surface area contributed by atoms with Crippen molar-refractivity contribution >= 4 is 5.91 Å². The largest absolute Gasteiger partial charge is 0.493 e. The fraction of sp³-hybridized carbons (Fsp3) is 0.318. The van der Waals surface area contributed by atoms with Crippen LogP contribution in [-0.2, 0) is 11.2 Å². The van der Waals surface area contributed by atoms with Crippen LogP contribution >= 0.6 is 0 Å². The molecule has 1 amide bonds. The highest BCUT2D eigenvalue weighted by Gasteiger charge is 2.24. The van der Waals surface area contributed by atoms with Crippen LogP contribution in [0.4, 0.5) is 0 Å². The van der Waals surface area contributed by atoms with E-state index in [1.807, 2.05) is 42.5 Å². The van der Waals surface area contributed by atoms with Gasteiger partial charge in [0.25, 0.3) is 5.91 Å². The first-order chi connectivity index (χ1) is 13.6. The molecular formula is C22H25NO5. The molecule has 6 nitrogen and oxygen atoms in total. The SMILES string of the molecule is C=CCc1ccc(OCC(=O)N(C)CC2COc3ccccc3O2)c(OC)c1. The van der Waals surface area contributed by atoms with E-state index in [1.165, 1.54) is 0 Å². The first-order valence-corrected chi connectivity index (χ1v) is 9.13. The van der Waals surface area contributed by atoms with E-state index in [-0.39, 0.29) is 18.6 Å². The minimum absolute atomic E-state index is 0.0855. The van der Waals surface area contributed by atoms with Gasteiger partial charge in [-0.1, -0.05) is 24.3 Å². The van der Waals surface area contributed by atoms with Crippen LogP contribution in [-0.4, -0.2) is 50.8 Å². The zero-order valence-corrected chi connectivity index (χ0v) is 16.2. The number of fused-ring (bicyclic) bond motifs is 1. The first-order valence-electron chi connectivity index (χ1n) is 9.13. The fourth-order valence-electron chi connectivity index (χ4n) is 2.93. The van der Waals surface area contributed by atoms with E-state index in [0.717, 1.165) is 17.7 Å². The van der Waals surface area contributed by atoms with Crippen molar-refractivity contribution in [2.75, 3.05) is 33.9 Å². The molecule has 1 unspecified atom stereocenters. The molecule has 0 N–H and O–H groups in total. The number of hydrogen-bond donors (Lipinski definition) is 0. The third kappa shape index (κ3) is 4.76. The normalized spacial score (nSPS) is 14.9. The van der Waals surface area contributed by atoms with E-state index in [0.29, 0.717) is 30.4 Å². The summed E-state index contributed by atoms with van der Waals surface area (Å²) < 4.78 is 22.6. The molecule has 1 heterocycles. The molecule has 0 saturated carbocycles. The quantitative estimate of drug-likeness (QED) is 0.656. The van der Waals surface area contributed by atoms with Crippen molar-refractivity contribution < 1.29 is 23.7 Å². The first kappa shape index (κ1) is 19.6. The summed E-state index contributed by atoms with van der Waals surface area (Å²) in [6, 6.07) is 13.1. The third-order valence-corrected chi connectivity index (χ3v) is 4.43. The van der Waals surface area contributed by atoms with Crippen molar-refractivity contribution in [1.82, 2.24) is 4.90 Å². The van der Waals surface area contributed by atoms with Crippen molar-refractivity contribution in [3.05, 3.63) is 60.7 Å². The van der Waals surface area contributed by atoms with Crippen LogP contribution in [0.25, 0.3) is 0 Å². The number of ether oxygens (including phenoxy) is 4. The second-order valence-corrected chi connectivity index (χ2v) is 6.54. The molecule has 1 aliphatic rings. The molecule has 6 heteroatoms. The zero-order valence-electron chi connectivity index (χ0n) is 16.2. The number of amides is 1. The van der Waals surface area contributed by atoms with Gasteiger partial charge < -0.3 is 23.8 Å². The van der Waals surface area contributed by atoms with E-state index in [2.05, 4.69) is 6.58 Å². The molecule has 1 aliphatic heterocycles. The highest BCUT2D eigenvalue weighted by molar-refractivity contribution is 5.77. The maximum Gasteiger partial charge on any atom is 0.260 e. The van der Waals surface area contributed by atoms with Gasteiger partial charge in [0.1, 0.15) is 6.61 Å². The van der Waals surface area contributed by atoms with Crippen LogP contribution in [0.2, 0.25) is 0 Å². The number of allylic oxidation sites excluding steroid dienone is 1. The van der Waals surface area contributed by atoms with E-state index in [4.69, 9.17) is 18.9 Å². The Morgan fingerprint density at radius 3 is 2.79 bits per heavy atom. The van der Waals surface area contributed by atoms with Gasteiger partial charge in [0.05, 0.1) is 13.7 Å². The average Bonchev–Trinajstić information content (AvgIpc) is 2.72. The summed E-state index contributed by atoms with van der Waals surface area (Å²) >= 11 is 0. The molecule has 28 heavy (non-hydrogen) atoms. The number of likely N-dealkylation sites (N-methyl/N-ethyl adjacent to an activating group) is 1. The minimum atomic E-state index is -0.225. The Kier molecular flexibility index (Phi) is 6.42. The van der Waals surface area contributed by atoms with Crippen LogP contribution in [0.3, 0.4) is 0 Å². The van der Waals surface area contributed by atoms with Gasteiger partial charge in [0.2, 0.25) is 0 Å². The van der Waals surface area contributed by atoms with E-state index < -0.39 is 0 Å². The molecule has 0 bridgehead atoms. The van der Waals surface area contributed by atoms with Crippen LogP contribution < -0.4 is 18.9 Å². The van der Waals surface area contributed by atoms with Crippen LogP contribution in [0.1, 0.15) is 5.56 Å². The molecule has 2 aromatic carbocycles. The Morgan fingerprint density at radius 1 is 1.25 bits per heavy atom. The molecule has 3 rings (SSSR count). The topological polar surface area (TPSA) is 57.2 Å². The smallest absolute Gasteiger partial charge is 0.260 e. The summed E-state index contributed by atoms with van der Waals surface area (Å²) in [5.74, 6) is 2.39. The Hall–Kier alpha value is -3.15. The van der Waals surface area contributed by atoms with E-state index in [9.17, 15) is 4.79 Å². The Bertz CT molecular complexity index is 835. The van der Waals surface area contributed by atoms with Crippen LogP contribution in [0.15, 0.2) is 55.1 Å². The van der Waals surface area contributed by atoms with Gasteiger partial charge in [-0.05, 0) is 36.2 Å². The lowest BCUT2D eigenvalue weighted by Gasteiger charge is -2.29. The van der Waals surface area contributed by atoms with Gasteiger partial charge in [0, 0.05) is 7.05 Å². The van der Waals surface area contributed by atoms with Gasteiger partial charge in [-0.15, -0.1) is 6.58 Å².